The highest BCUT2D eigenvalue weighted by atomic mass is 32.2. The predicted octanol–water partition coefficient (Wildman–Crippen LogP) is 2.62. The Morgan fingerprint density at radius 1 is 1.08 bits per heavy atom. The molecule has 0 aromatic heterocycles. The van der Waals surface area contributed by atoms with E-state index in [1.54, 1.807) is 0 Å². The number of sulfonamides is 1. The monoisotopic (exact) mass is 358 g/mol. The summed E-state index contributed by atoms with van der Waals surface area (Å²) >= 11 is 0. The molecule has 0 bridgehead atoms. The molecule has 1 aliphatic heterocycles. The van der Waals surface area contributed by atoms with E-state index in [-0.39, 0.29) is 23.8 Å². The number of carbonyl (C=O) groups is 2. The zero-order valence-electron chi connectivity index (χ0n) is 13.9. The molecule has 1 heterocycles. The fourth-order valence-electron chi connectivity index (χ4n) is 2.77. The van der Waals surface area contributed by atoms with Crippen LogP contribution in [-0.2, 0) is 14.8 Å². The quantitative estimate of drug-likeness (QED) is 0.914. The predicted molar refractivity (Wildman–Crippen MR) is 96.2 cm³/mol. The van der Waals surface area contributed by atoms with Gasteiger partial charge in [-0.25, -0.2) is 12.7 Å². The van der Waals surface area contributed by atoms with Crippen molar-refractivity contribution in [2.75, 3.05) is 15.4 Å². The Bertz CT molecular complexity index is 950. The second-order valence-corrected chi connectivity index (χ2v) is 7.98. The van der Waals surface area contributed by atoms with Gasteiger partial charge in [0.05, 0.1) is 11.4 Å². The lowest BCUT2D eigenvalue weighted by atomic mass is 10.1. The summed E-state index contributed by atoms with van der Waals surface area (Å²) in [6.07, 6.45) is -0.0166. The first-order chi connectivity index (χ1) is 11.8. The Kier molecular flexibility index (Phi) is 4.34. The molecule has 1 N–H and O–H groups in total. The Morgan fingerprint density at radius 2 is 1.76 bits per heavy atom. The van der Waals surface area contributed by atoms with Gasteiger partial charge in [-0.05, 0) is 49.7 Å². The van der Waals surface area contributed by atoms with E-state index in [2.05, 4.69) is 5.32 Å². The minimum absolute atomic E-state index is 0.0166. The first-order valence-electron chi connectivity index (χ1n) is 7.82. The molecule has 1 saturated heterocycles. The van der Waals surface area contributed by atoms with Gasteiger partial charge in [0, 0.05) is 17.7 Å². The van der Waals surface area contributed by atoms with Crippen molar-refractivity contribution in [2.45, 2.75) is 20.3 Å². The van der Waals surface area contributed by atoms with Crippen molar-refractivity contribution in [3.8, 4) is 0 Å². The van der Waals surface area contributed by atoms with E-state index in [1.807, 2.05) is 32.0 Å². The molecule has 25 heavy (non-hydrogen) atoms. The molecule has 7 heteroatoms. The van der Waals surface area contributed by atoms with Crippen molar-refractivity contribution in [3.63, 3.8) is 0 Å². The Labute approximate surface area is 146 Å². The highest BCUT2D eigenvalue weighted by molar-refractivity contribution is 7.94. The van der Waals surface area contributed by atoms with Gasteiger partial charge < -0.3 is 5.32 Å². The maximum atomic E-state index is 12.4. The summed E-state index contributed by atoms with van der Waals surface area (Å²) in [5.41, 5.74) is 3.42. The summed E-state index contributed by atoms with van der Waals surface area (Å²) < 4.78 is 24.7. The lowest BCUT2D eigenvalue weighted by Crippen LogP contribution is -2.29. The zero-order chi connectivity index (χ0) is 18.2. The maximum Gasteiger partial charge on any atom is 0.255 e. The molecular formula is C18H18N2O4S. The van der Waals surface area contributed by atoms with E-state index in [0.29, 0.717) is 5.56 Å². The number of anilines is 2. The van der Waals surface area contributed by atoms with Crippen LogP contribution in [0.5, 0.6) is 0 Å². The zero-order valence-corrected chi connectivity index (χ0v) is 14.8. The van der Waals surface area contributed by atoms with E-state index >= 15 is 0 Å². The average molecular weight is 358 g/mol. The number of rotatable bonds is 3. The highest BCUT2D eigenvalue weighted by Crippen LogP contribution is 2.25. The second-order valence-electron chi connectivity index (χ2n) is 6.04. The van der Waals surface area contributed by atoms with Gasteiger partial charge in [0.2, 0.25) is 15.9 Å². The minimum Gasteiger partial charge on any atom is -0.322 e. The third kappa shape index (κ3) is 3.41. The first kappa shape index (κ1) is 17.2. The molecule has 3 rings (SSSR count). The third-order valence-electron chi connectivity index (χ3n) is 4.07. The van der Waals surface area contributed by atoms with Gasteiger partial charge in [-0.1, -0.05) is 17.7 Å². The van der Waals surface area contributed by atoms with Crippen LogP contribution in [0.15, 0.2) is 42.5 Å². The van der Waals surface area contributed by atoms with Crippen LogP contribution in [-0.4, -0.2) is 26.0 Å². The molecule has 2 aromatic rings. The number of nitrogens with zero attached hydrogens (tertiary/aromatic N) is 1. The molecule has 1 aliphatic rings. The molecular weight excluding hydrogens is 340 g/mol. The molecule has 6 nitrogen and oxygen atoms in total. The largest absolute Gasteiger partial charge is 0.322 e. The van der Waals surface area contributed by atoms with E-state index in [4.69, 9.17) is 0 Å². The van der Waals surface area contributed by atoms with Crippen molar-refractivity contribution in [2.24, 2.45) is 0 Å². The van der Waals surface area contributed by atoms with Crippen LogP contribution in [0.2, 0.25) is 0 Å². The van der Waals surface area contributed by atoms with Crippen LogP contribution in [0.4, 0.5) is 11.4 Å². The second kappa shape index (κ2) is 6.33. The fraction of sp³-hybridized carbons (Fsp3) is 0.222. The van der Waals surface area contributed by atoms with Gasteiger partial charge in [-0.2, -0.15) is 0 Å². The normalized spacial score (nSPS) is 16.1. The van der Waals surface area contributed by atoms with E-state index < -0.39 is 15.9 Å². The summed E-state index contributed by atoms with van der Waals surface area (Å²) in [5.74, 6) is -0.928. The Hall–Kier alpha value is -2.67. The minimum atomic E-state index is -3.60. The Balaban J connectivity index is 1.80. The smallest absolute Gasteiger partial charge is 0.255 e. The van der Waals surface area contributed by atoms with Gasteiger partial charge in [0.1, 0.15) is 0 Å². The lowest BCUT2D eigenvalue weighted by molar-refractivity contribution is -0.116. The molecule has 0 radical (unpaired) electrons. The van der Waals surface area contributed by atoms with Gasteiger partial charge >= 0.3 is 0 Å². The highest BCUT2D eigenvalue weighted by Gasteiger charge is 2.36. The number of nitrogens with one attached hydrogen (secondary N) is 1. The number of carbonyl (C=O) groups excluding carboxylic acids is 2. The van der Waals surface area contributed by atoms with Gasteiger partial charge in [-0.3, -0.25) is 9.59 Å². The molecule has 0 aliphatic carbocycles. The maximum absolute atomic E-state index is 12.4. The van der Waals surface area contributed by atoms with Crippen molar-refractivity contribution in [1.29, 1.82) is 0 Å². The topological polar surface area (TPSA) is 83.6 Å². The SMILES string of the molecule is Cc1ccc(NC(=O)c2ccc(N3C(=O)CCS3(=O)=O)cc2)c(C)c1. The number of benzene rings is 2. The number of aryl methyl sites for hydroxylation is 2. The third-order valence-corrected chi connectivity index (χ3v) is 5.76. The molecule has 0 saturated carbocycles. The van der Waals surface area contributed by atoms with Crippen molar-refractivity contribution >= 4 is 33.2 Å². The van der Waals surface area contributed by atoms with Crippen LogP contribution in [0, 0.1) is 13.8 Å². The van der Waals surface area contributed by atoms with Crippen LogP contribution in [0.25, 0.3) is 0 Å². The van der Waals surface area contributed by atoms with Crippen molar-refractivity contribution in [3.05, 3.63) is 59.2 Å². The standard InChI is InChI=1S/C18H18N2O4S/c1-12-3-8-16(13(2)11-12)19-18(22)14-4-6-15(7-5-14)20-17(21)9-10-25(20,23)24/h3-8,11H,9-10H2,1-2H3,(H,19,22). The summed E-state index contributed by atoms with van der Waals surface area (Å²) in [4.78, 5) is 24.1. The molecule has 0 spiro atoms. The van der Waals surface area contributed by atoms with Crippen molar-refractivity contribution in [1.82, 2.24) is 0 Å². The van der Waals surface area contributed by atoms with Gasteiger partial charge in [0.25, 0.3) is 5.91 Å². The molecule has 2 amide bonds. The molecule has 130 valence electrons. The van der Waals surface area contributed by atoms with Crippen LogP contribution >= 0.6 is 0 Å². The van der Waals surface area contributed by atoms with Crippen LogP contribution in [0.3, 0.4) is 0 Å². The van der Waals surface area contributed by atoms with Gasteiger partial charge in [-0.15, -0.1) is 0 Å². The van der Waals surface area contributed by atoms with E-state index in [9.17, 15) is 18.0 Å². The molecule has 0 atom stereocenters. The summed E-state index contributed by atoms with van der Waals surface area (Å²) in [6, 6.07) is 11.7. The number of hydrogen-bond donors (Lipinski definition) is 1. The van der Waals surface area contributed by atoms with E-state index in [1.165, 1.54) is 24.3 Å². The summed E-state index contributed by atoms with van der Waals surface area (Å²) in [7, 11) is -3.60. The average Bonchev–Trinajstić information content (AvgIpc) is 2.83. The van der Waals surface area contributed by atoms with Crippen molar-refractivity contribution < 1.29 is 18.0 Å². The number of hydrogen-bond acceptors (Lipinski definition) is 4. The number of amides is 2. The lowest BCUT2D eigenvalue weighted by Gasteiger charge is -2.15. The summed E-state index contributed by atoms with van der Waals surface area (Å²) in [6.45, 7) is 3.89. The van der Waals surface area contributed by atoms with E-state index in [0.717, 1.165) is 21.1 Å². The van der Waals surface area contributed by atoms with Crippen LogP contribution < -0.4 is 9.62 Å². The fourth-order valence-corrected chi connectivity index (χ4v) is 4.22. The summed E-state index contributed by atoms with van der Waals surface area (Å²) in [5, 5.41) is 2.83. The molecule has 1 fully saturated rings. The Morgan fingerprint density at radius 3 is 2.32 bits per heavy atom. The van der Waals surface area contributed by atoms with Crippen LogP contribution in [0.1, 0.15) is 27.9 Å². The molecule has 2 aromatic carbocycles. The van der Waals surface area contributed by atoms with Gasteiger partial charge in [0.15, 0.2) is 0 Å². The first-order valence-corrected chi connectivity index (χ1v) is 9.43. The molecule has 0 unspecified atom stereocenters.